The first-order valence-corrected chi connectivity index (χ1v) is 21.2. The second-order valence-electron chi connectivity index (χ2n) is 10.8. The third-order valence-corrected chi connectivity index (χ3v) is 10.0. The highest BCUT2D eigenvalue weighted by Gasteiger charge is 2.31. The molecule has 1 amide bonds. The van der Waals surface area contributed by atoms with E-state index in [4.69, 9.17) is 29.9 Å². The number of carbonyl (C=O) groups excluding carboxylic acids is 2. The Labute approximate surface area is 225 Å². The van der Waals surface area contributed by atoms with Gasteiger partial charge >= 0.3 is 13.9 Å². The van der Waals surface area contributed by atoms with Crippen LogP contribution in [0.2, 0.25) is 56.4 Å². The Hall–Kier alpha value is -2.02. The first-order chi connectivity index (χ1) is 17.2. The number of phosphoric acid groups is 1. The number of benzene rings is 1. The van der Waals surface area contributed by atoms with E-state index in [1.807, 2.05) is 0 Å². The summed E-state index contributed by atoms with van der Waals surface area (Å²) in [5.74, 6) is 0.163. The number of nitrogens with one attached hydrogen (secondary N) is 1. The minimum absolute atomic E-state index is 0.0677. The predicted octanol–water partition coefficient (Wildman–Crippen LogP) is 7.49. The molecule has 0 spiro atoms. The summed E-state index contributed by atoms with van der Waals surface area (Å²) in [7, 11) is -6.87. The highest BCUT2D eigenvalue weighted by atomic mass is 35.5. The number of halogens is 1. The lowest BCUT2D eigenvalue weighted by atomic mass is 10.2. The Kier molecular flexibility index (Phi) is 11.5. The van der Waals surface area contributed by atoms with Crippen LogP contribution in [-0.4, -0.2) is 46.7 Å². The van der Waals surface area contributed by atoms with E-state index in [1.165, 1.54) is 18.3 Å². The van der Waals surface area contributed by atoms with Gasteiger partial charge in [0.2, 0.25) is 0 Å². The van der Waals surface area contributed by atoms with Crippen molar-refractivity contribution in [3.8, 4) is 5.75 Å². The second kappa shape index (κ2) is 13.7. The lowest BCUT2D eigenvalue weighted by Gasteiger charge is -2.23. The van der Waals surface area contributed by atoms with Crippen LogP contribution in [0.5, 0.6) is 5.75 Å². The fourth-order valence-electron chi connectivity index (χ4n) is 2.79. The maximum atomic E-state index is 13.6. The molecule has 1 aromatic carbocycles. The number of aromatic nitrogens is 1. The molecule has 0 radical (unpaired) electrons. The Morgan fingerprint density at radius 3 is 2.24 bits per heavy atom. The summed E-state index contributed by atoms with van der Waals surface area (Å²) in [6.45, 7) is 13.4. The van der Waals surface area contributed by atoms with Crippen LogP contribution in [0.25, 0.3) is 0 Å². The number of hydrogen-bond donors (Lipinski definition) is 1. The number of carbonyl (C=O) groups is 2. The number of ether oxygens (including phenoxy) is 1. The third kappa shape index (κ3) is 11.9. The molecular formula is C24H36ClN2O7PSi2. The Morgan fingerprint density at radius 1 is 1.05 bits per heavy atom. The average Bonchev–Trinajstić information content (AvgIpc) is 2.78. The SMILES string of the molecule is C[Si](C)(C)CCOP(=O)(OCC[Si](C)(C)C)Oc1ccc(Cl)cc1COC(=O)Nc1cccnc1C=O. The van der Waals surface area contributed by atoms with Gasteiger partial charge in [0.1, 0.15) is 18.1 Å². The van der Waals surface area contributed by atoms with Crippen LogP contribution in [0.4, 0.5) is 10.5 Å². The van der Waals surface area contributed by atoms with Crippen LogP contribution < -0.4 is 9.84 Å². The molecule has 2 aromatic rings. The van der Waals surface area contributed by atoms with E-state index in [-0.39, 0.29) is 37.0 Å². The summed E-state index contributed by atoms with van der Waals surface area (Å²) in [4.78, 5) is 27.4. The smallest absolute Gasteiger partial charge is 0.444 e. The van der Waals surface area contributed by atoms with Crippen molar-refractivity contribution in [2.24, 2.45) is 0 Å². The van der Waals surface area contributed by atoms with Gasteiger partial charge in [-0.05, 0) is 42.4 Å². The second-order valence-corrected chi connectivity index (χ2v) is 24.1. The van der Waals surface area contributed by atoms with Crippen molar-refractivity contribution in [1.29, 1.82) is 0 Å². The van der Waals surface area contributed by atoms with Crippen molar-refractivity contribution in [3.63, 3.8) is 0 Å². The van der Waals surface area contributed by atoms with E-state index in [0.29, 0.717) is 16.9 Å². The Balaban J connectivity index is 2.16. The minimum atomic E-state index is -3.97. The number of aldehydes is 1. The van der Waals surface area contributed by atoms with Gasteiger partial charge in [0.05, 0.1) is 18.9 Å². The molecule has 1 aromatic heterocycles. The number of amides is 1. The van der Waals surface area contributed by atoms with Gasteiger partial charge in [0, 0.05) is 32.9 Å². The van der Waals surface area contributed by atoms with Crippen molar-refractivity contribution in [2.75, 3.05) is 18.5 Å². The van der Waals surface area contributed by atoms with Gasteiger partial charge in [0.25, 0.3) is 0 Å². The summed E-state index contributed by atoms with van der Waals surface area (Å²) in [6, 6.07) is 9.31. The zero-order valence-electron chi connectivity index (χ0n) is 22.2. The number of hydrogen-bond acceptors (Lipinski definition) is 8. The number of anilines is 1. The molecule has 204 valence electrons. The van der Waals surface area contributed by atoms with Crippen molar-refractivity contribution in [3.05, 3.63) is 52.8 Å². The maximum absolute atomic E-state index is 13.6. The van der Waals surface area contributed by atoms with Gasteiger partial charge < -0.3 is 9.26 Å². The fourth-order valence-corrected chi connectivity index (χ4v) is 5.99. The molecule has 0 atom stereocenters. The molecule has 2 rings (SSSR count). The molecule has 9 nitrogen and oxygen atoms in total. The number of pyridine rings is 1. The van der Waals surface area contributed by atoms with Crippen LogP contribution in [0.1, 0.15) is 16.1 Å². The quantitative estimate of drug-likeness (QED) is 0.138. The lowest BCUT2D eigenvalue weighted by molar-refractivity contribution is 0.111. The standard InChI is InChI=1S/C24H36ClN2O7PSi2/c1-36(2,3)14-12-32-35(30,33-13-15-37(4,5)6)34-23-10-9-20(25)16-19(23)18-31-24(29)27-21-8-7-11-26-22(21)17-28/h7-11,16-17H,12-15,18H2,1-6H3,(H,27,29). The molecule has 0 saturated heterocycles. The zero-order chi connectivity index (χ0) is 27.7. The molecule has 0 unspecified atom stereocenters. The van der Waals surface area contributed by atoms with Gasteiger partial charge in [-0.3, -0.25) is 24.1 Å². The first kappa shape index (κ1) is 31.2. The largest absolute Gasteiger partial charge is 0.530 e. The summed E-state index contributed by atoms with van der Waals surface area (Å²) < 4.78 is 36.1. The van der Waals surface area contributed by atoms with Gasteiger partial charge in [-0.1, -0.05) is 50.9 Å². The van der Waals surface area contributed by atoms with Gasteiger partial charge in [0.15, 0.2) is 6.29 Å². The molecule has 1 heterocycles. The summed E-state index contributed by atoms with van der Waals surface area (Å²) >= 11 is 6.16. The van der Waals surface area contributed by atoms with E-state index in [9.17, 15) is 14.2 Å². The van der Waals surface area contributed by atoms with E-state index < -0.39 is 30.1 Å². The van der Waals surface area contributed by atoms with Crippen LogP contribution in [0.15, 0.2) is 36.5 Å². The summed E-state index contributed by atoms with van der Waals surface area (Å²) in [6.07, 6.45) is 1.15. The topological polar surface area (TPSA) is 113 Å². The Morgan fingerprint density at radius 2 is 1.68 bits per heavy atom. The summed E-state index contributed by atoms with van der Waals surface area (Å²) in [5, 5.41) is 2.84. The Bertz CT molecular complexity index is 1100. The lowest BCUT2D eigenvalue weighted by Crippen LogP contribution is -2.23. The van der Waals surface area contributed by atoms with Crippen molar-refractivity contribution >= 4 is 53.6 Å². The number of phosphoric ester groups is 1. The zero-order valence-corrected chi connectivity index (χ0v) is 25.9. The van der Waals surface area contributed by atoms with E-state index >= 15 is 0 Å². The average molecular weight is 587 g/mol. The molecular weight excluding hydrogens is 551 g/mol. The van der Waals surface area contributed by atoms with Crippen LogP contribution in [0.3, 0.4) is 0 Å². The van der Waals surface area contributed by atoms with Crippen LogP contribution in [0, 0.1) is 0 Å². The molecule has 1 N–H and O–H groups in total. The van der Waals surface area contributed by atoms with Crippen LogP contribution in [-0.2, 0) is 25.0 Å². The minimum Gasteiger partial charge on any atom is -0.444 e. The highest BCUT2D eigenvalue weighted by Crippen LogP contribution is 2.51. The molecule has 0 aliphatic rings. The van der Waals surface area contributed by atoms with Crippen LogP contribution >= 0.6 is 19.4 Å². The van der Waals surface area contributed by atoms with Gasteiger partial charge in [-0.25, -0.2) is 9.36 Å². The molecule has 0 fully saturated rings. The molecule has 13 heteroatoms. The number of rotatable bonds is 14. The normalized spacial score (nSPS) is 12.2. The molecule has 0 aliphatic carbocycles. The van der Waals surface area contributed by atoms with Crippen molar-refractivity contribution in [1.82, 2.24) is 4.98 Å². The van der Waals surface area contributed by atoms with E-state index in [0.717, 1.165) is 12.1 Å². The number of nitrogens with zero attached hydrogens (tertiary/aromatic N) is 1. The summed E-state index contributed by atoms with van der Waals surface area (Å²) in [5.41, 5.74) is 0.645. The van der Waals surface area contributed by atoms with E-state index in [1.54, 1.807) is 18.2 Å². The third-order valence-electron chi connectivity index (χ3n) is 4.98. The fraction of sp³-hybridized carbons (Fsp3) is 0.458. The highest BCUT2D eigenvalue weighted by molar-refractivity contribution is 7.49. The van der Waals surface area contributed by atoms with E-state index in [2.05, 4.69) is 49.6 Å². The molecule has 37 heavy (non-hydrogen) atoms. The maximum Gasteiger partial charge on any atom is 0.530 e. The first-order valence-electron chi connectivity index (χ1n) is 11.9. The predicted molar refractivity (Wildman–Crippen MR) is 151 cm³/mol. The molecule has 0 bridgehead atoms. The van der Waals surface area contributed by atoms with Crippen molar-refractivity contribution < 1.29 is 32.5 Å². The van der Waals surface area contributed by atoms with Gasteiger partial charge in [-0.15, -0.1) is 0 Å². The monoisotopic (exact) mass is 586 g/mol. The van der Waals surface area contributed by atoms with Crippen molar-refractivity contribution in [2.45, 2.75) is 58.0 Å². The van der Waals surface area contributed by atoms with Gasteiger partial charge in [-0.2, -0.15) is 0 Å². The molecule has 0 aliphatic heterocycles. The molecule has 0 saturated carbocycles.